The first kappa shape index (κ1) is 25.2. The zero-order chi connectivity index (χ0) is 26.0. The second-order valence-corrected chi connectivity index (χ2v) is 10.3. The number of anilines is 2. The Morgan fingerprint density at radius 3 is 2.47 bits per heavy atom. The number of benzene rings is 2. The van der Waals surface area contributed by atoms with Gasteiger partial charge in [0, 0.05) is 32.5 Å². The van der Waals surface area contributed by atoms with Gasteiger partial charge in [0.1, 0.15) is 17.1 Å². The van der Waals surface area contributed by atoms with Crippen LogP contribution in [0.2, 0.25) is 0 Å². The molecule has 0 fully saturated rings. The molecule has 0 saturated carbocycles. The van der Waals surface area contributed by atoms with Gasteiger partial charge in [-0.1, -0.05) is 13.3 Å². The SMILES string of the molecule is CCCc1nn(C)c2c(=O)[nH]c(-c3cc(S(=O)(=O)Nc4ccc(N(C)C)cc4)ccc3OCC)nc12. The molecule has 0 atom stereocenters. The highest BCUT2D eigenvalue weighted by Gasteiger charge is 2.21. The van der Waals surface area contributed by atoms with Crippen molar-refractivity contribution in [2.75, 3.05) is 30.3 Å². The van der Waals surface area contributed by atoms with Crippen LogP contribution in [0.3, 0.4) is 0 Å². The molecule has 0 bridgehead atoms. The number of H-pyrrole nitrogens is 1. The van der Waals surface area contributed by atoms with E-state index in [1.807, 2.05) is 45.0 Å². The summed E-state index contributed by atoms with van der Waals surface area (Å²) in [5, 5.41) is 4.45. The Hall–Kier alpha value is -3.86. The molecule has 0 aliphatic carbocycles. The number of sulfonamides is 1. The first-order chi connectivity index (χ1) is 17.1. The van der Waals surface area contributed by atoms with Crippen molar-refractivity contribution in [3.05, 3.63) is 58.5 Å². The molecule has 0 saturated heterocycles. The summed E-state index contributed by atoms with van der Waals surface area (Å²) >= 11 is 0. The van der Waals surface area contributed by atoms with Gasteiger partial charge in [-0.05, 0) is 55.8 Å². The van der Waals surface area contributed by atoms with E-state index in [1.165, 1.54) is 16.8 Å². The third kappa shape index (κ3) is 4.92. The largest absolute Gasteiger partial charge is 0.493 e. The van der Waals surface area contributed by atoms with E-state index in [1.54, 1.807) is 25.2 Å². The minimum Gasteiger partial charge on any atom is -0.493 e. The van der Waals surface area contributed by atoms with Crippen LogP contribution in [-0.4, -0.2) is 48.9 Å². The van der Waals surface area contributed by atoms with Crippen molar-refractivity contribution < 1.29 is 13.2 Å². The molecule has 0 aliphatic heterocycles. The Morgan fingerprint density at radius 1 is 1.11 bits per heavy atom. The standard InChI is InChI=1S/C25H30N6O4S/c1-6-8-20-22-23(31(5)28-20)25(32)27-24(26-22)19-15-18(13-14-21(19)35-7-2)36(33,34)29-16-9-11-17(12-10-16)30(3)4/h9-15,29H,6-8H2,1-5H3,(H,26,27,32). The van der Waals surface area contributed by atoms with Crippen molar-refractivity contribution in [2.45, 2.75) is 31.6 Å². The van der Waals surface area contributed by atoms with Crippen molar-refractivity contribution in [2.24, 2.45) is 7.05 Å². The number of rotatable bonds is 9. The summed E-state index contributed by atoms with van der Waals surface area (Å²) in [5.74, 6) is 0.629. The number of nitrogens with zero attached hydrogens (tertiary/aromatic N) is 4. The van der Waals surface area contributed by atoms with Gasteiger partial charge in [0.2, 0.25) is 0 Å². The van der Waals surface area contributed by atoms with Crippen LogP contribution in [0, 0.1) is 0 Å². The van der Waals surface area contributed by atoms with E-state index in [-0.39, 0.29) is 16.3 Å². The average Bonchev–Trinajstić information content (AvgIpc) is 3.15. The quantitative estimate of drug-likeness (QED) is 0.353. The normalized spacial score (nSPS) is 11.6. The lowest BCUT2D eigenvalue weighted by atomic mass is 10.1. The number of aromatic nitrogens is 4. The monoisotopic (exact) mass is 510 g/mol. The van der Waals surface area contributed by atoms with Gasteiger partial charge in [-0.25, -0.2) is 13.4 Å². The minimum atomic E-state index is -3.93. The van der Waals surface area contributed by atoms with Crippen LogP contribution in [0.1, 0.15) is 26.0 Å². The Kier molecular flexibility index (Phi) is 7.02. The molecule has 2 aromatic carbocycles. The van der Waals surface area contributed by atoms with Crippen molar-refractivity contribution >= 4 is 32.4 Å². The van der Waals surface area contributed by atoms with Gasteiger partial charge >= 0.3 is 0 Å². The van der Waals surface area contributed by atoms with Crippen molar-refractivity contribution in [1.29, 1.82) is 0 Å². The maximum absolute atomic E-state index is 13.2. The Labute approximate surface area is 210 Å². The molecular weight excluding hydrogens is 480 g/mol. The van der Waals surface area contributed by atoms with E-state index >= 15 is 0 Å². The Bertz CT molecular complexity index is 1560. The van der Waals surface area contributed by atoms with Crippen LogP contribution in [-0.2, 0) is 23.5 Å². The summed E-state index contributed by atoms with van der Waals surface area (Å²) < 4.78 is 36.3. The molecule has 10 nitrogen and oxygen atoms in total. The highest BCUT2D eigenvalue weighted by atomic mass is 32.2. The predicted molar refractivity (Wildman–Crippen MR) is 141 cm³/mol. The van der Waals surface area contributed by atoms with Gasteiger partial charge in [-0.3, -0.25) is 14.2 Å². The summed E-state index contributed by atoms with van der Waals surface area (Å²) in [4.78, 5) is 22.4. The summed E-state index contributed by atoms with van der Waals surface area (Å²) in [6.07, 6.45) is 1.51. The predicted octanol–water partition coefficient (Wildman–Crippen LogP) is 3.54. The minimum absolute atomic E-state index is 0.0142. The first-order valence-electron chi connectivity index (χ1n) is 11.7. The van der Waals surface area contributed by atoms with E-state index in [4.69, 9.17) is 4.74 Å². The van der Waals surface area contributed by atoms with Gasteiger partial charge in [-0.2, -0.15) is 5.10 Å². The highest BCUT2D eigenvalue weighted by molar-refractivity contribution is 7.92. The van der Waals surface area contributed by atoms with Gasteiger partial charge in [0.25, 0.3) is 15.6 Å². The summed E-state index contributed by atoms with van der Waals surface area (Å²) in [7, 11) is 1.59. The lowest BCUT2D eigenvalue weighted by molar-refractivity contribution is 0.341. The van der Waals surface area contributed by atoms with Crippen molar-refractivity contribution in [1.82, 2.24) is 19.7 Å². The smallest absolute Gasteiger partial charge is 0.277 e. The third-order valence-electron chi connectivity index (χ3n) is 5.70. The van der Waals surface area contributed by atoms with Crippen LogP contribution >= 0.6 is 0 Å². The lowest BCUT2D eigenvalue weighted by Crippen LogP contribution is -2.15. The molecule has 0 spiro atoms. The fourth-order valence-electron chi connectivity index (χ4n) is 3.96. The molecule has 0 amide bonds. The van der Waals surface area contributed by atoms with Gasteiger partial charge in [-0.15, -0.1) is 0 Å². The van der Waals surface area contributed by atoms with E-state index in [2.05, 4.69) is 19.8 Å². The Balaban J connectivity index is 1.80. The molecule has 0 aliphatic rings. The molecule has 2 heterocycles. The third-order valence-corrected chi connectivity index (χ3v) is 7.08. The second kappa shape index (κ2) is 10.0. The number of aromatic amines is 1. The zero-order valence-electron chi connectivity index (χ0n) is 21.0. The molecule has 36 heavy (non-hydrogen) atoms. The molecule has 190 valence electrons. The van der Waals surface area contributed by atoms with Gasteiger partial charge in [0.15, 0.2) is 5.52 Å². The number of hydrogen-bond donors (Lipinski definition) is 2. The molecule has 2 N–H and O–H groups in total. The second-order valence-electron chi connectivity index (χ2n) is 8.57. The molecule has 0 radical (unpaired) electrons. The highest BCUT2D eigenvalue weighted by Crippen LogP contribution is 2.32. The summed E-state index contributed by atoms with van der Waals surface area (Å²) in [6.45, 7) is 4.21. The molecule has 0 unspecified atom stereocenters. The number of nitrogens with one attached hydrogen (secondary N) is 2. The average molecular weight is 511 g/mol. The number of hydrogen-bond acceptors (Lipinski definition) is 7. The van der Waals surface area contributed by atoms with Crippen LogP contribution in [0.15, 0.2) is 52.2 Å². The van der Waals surface area contributed by atoms with Crippen LogP contribution < -0.4 is 19.9 Å². The molecule has 2 aromatic heterocycles. The molecule has 4 aromatic rings. The summed E-state index contributed by atoms with van der Waals surface area (Å²) in [5.41, 5.74) is 2.97. The Morgan fingerprint density at radius 2 is 1.83 bits per heavy atom. The zero-order valence-corrected chi connectivity index (χ0v) is 21.8. The van der Waals surface area contributed by atoms with E-state index < -0.39 is 10.0 Å². The molecule has 11 heteroatoms. The van der Waals surface area contributed by atoms with Crippen LogP contribution in [0.25, 0.3) is 22.4 Å². The topological polar surface area (TPSA) is 122 Å². The maximum Gasteiger partial charge on any atom is 0.277 e. The van der Waals surface area contributed by atoms with E-state index in [0.717, 1.165) is 12.1 Å². The van der Waals surface area contributed by atoms with Gasteiger partial charge in [0.05, 0.1) is 22.8 Å². The number of aryl methyl sites for hydroxylation is 2. The van der Waals surface area contributed by atoms with Gasteiger partial charge < -0.3 is 14.6 Å². The molecule has 4 rings (SSSR count). The lowest BCUT2D eigenvalue weighted by Gasteiger charge is -2.15. The van der Waals surface area contributed by atoms with E-state index in [9.17, 15) is 13.2 Å². The van der Waals surface area contributed by atoms with Crippen LogP contribution in [0.5, 0.6) is 5.75 Å². The van der Waals surface area contributed by atoms with Crippen molar-refractivity contribution in [3.8, 4) is 17.1 Å². The van der Waals surface area contributed by atoms with E-state index in [0.29, 0.717) is 46.8 Å². The summed E-state index contributed by atoms with van der Waals surface area (Å²) in [6, 6.07) is 11.6. The first-order valence-corrected chi connectivity index (χ1v) is 13.2. The fourth-order valence-corrected chi connectivity index (χ4v) is 5.05. The molecular formula is C25H30N6O4S. The fraction of sp³-hybridized carbons (Fsp3) is 0.320. The number of ether oxygens (including phenoxy) is 1. The maximum atomic E-state index is 13.2. The number of fused-ring (bicyclic) bond motifs is 1. The van der Waals surface area contributed by atoms with Crippen molar-refractivity contribution in [3.63, 3.8) is 0 Å². The van der Waals surface area contributed by atoms with Crippen LogP contribution in [0.4, 0.5) is 11.4 Å².